The molecule has 5 rings (SSSR count). The number of nitrogens with zero attached hydrogens (tertiary/aromatic N) is 4. The van der Waals surface area contributed by atoms with Gasteiger partial charge in [-0.05, 0) is 93.0 Å². The SMILES string of the molecule is CC1(C)CCC(CN2CCN(c3ccc(C(=O)O)c(Oc4ccc(N(CC(F)(F)F)C(=O)OC(C)(C)C)nc4)c3)CC2)=C(c2ccc(Cl)cc2)C1. The van der Waals surface area contributed by atoms with Gasteiger partial charge in [0.25, 0.3) is 0 Å². The zero-order chi connectivity index (χ0) is 37.1. The molecule has 9 nitrogen and oxygen atoms in total. The number of hydrogen-bond acceptors (Lipinski definition) is 7. The molecule has 0 atom stereocenters. The summed E-state index contributed by atoms with van der Waals surface area (Å²) in [7, 11) is 0. The van der Waals surface area contributed by atoms with Crippen molar-refractivity contribution in [3.05, 3.63) is 82.5 Å². The Morgan fingerprint density at radius 2 is 1.69 bits per heavy atom. The lowest BCUT2D eigenvalue weighted by atomic mass is 9.72. The summed E-state index contributed by atoms with van der Waals surface area (Å²) in [4.78, 5) is 33.7. The maximum absolute atomic E-state index is 13.3. The molecule has 13 heteroatoms. The first-order chi connectivity index (χ1) is 23.9. The smallest absolute Gasteiger partial charge is 0.416 e. The number of ether oxygens (including phenoxy) is 2. The summed E-state index contributed by atoms with van der Waals surface area (Å²) >= 11 is 6.18. The Morgan fingerprint density at radius 3 is 2.27 bits per heavy atom. The molecular weight excluding hydrogens is 685 g/mol. The van der Waals surface area contributed by atoms with Crippen LogP contribution in [0.5, 0.6) is 11.5 Å². The van der Waals surface area contributed by atoms with Crippen molar-refractivity contribution < 1.29 is 37.3 Å². The van der Waals surface area contributed by atoms with E-state index in [0.717, 1.165) is 68.9 Å². The van der Waals surface area contributed by atoms with E-state index in [9.17, 15) is 27.9 Å². The van der Waals surface area contributed by atoms with Crippen LogP contribution >= 0.6 is 11.6 Å². The molecule has 1 aliphatic heterocycles. The minimum Gasteiger partial charge on any atom is -0.478 e. The van der Waals surface area contributed by atoms with E-state index in [1.54, 1.807) is 32.9 Å². The van der Waals surface area contributed by atoms with Crippen LogP contribution in [0.1, 0.15) is 69.8 Å². The van der Waals surface area contributed by atoms with Crippen molar-refractivity contribution in [1.82, 2.24) is 9.88 Å². The Balaban J connectivity index is 1.29. The average molecular weight is 729 g/mol. The molecule has 51 heavy (non-hydrogen) atoms. The highest BCUT2D eigenvalue weighted by atomic mass is 35.5. The third-order valence-electron chi connectivity index (χ3n) is 8.90. The second-order valence-electron chi connectivity index (χ2n) is 14.8. The Hall–Kier alpha value is -4.29. The van der Waals surface area contributed by atoms with Crippen molar-refractivity contribution in [3.63, 3.8) is 0 Å². The molecule has 2 aliphatic rings. The van der Waals surface area contributed by atoms with Crippen molar-refractivity contribution >= 4 is 40.7 Å². The van der Waals surface area contributed by atoms with Gasteiger partial charge in [0.15, 0.2) is 0 Å². The van der Waals surface area contributed by atoms with Crippen LogP contribution in [0.3, 0.4) is 0 Å². The van der Waals surface area contributed by atoms with Gasteiger partial charge < -0.3 is 19.5 Å². The molecule has 0 spiro atoms. The third kappa shape index (κ3) is 10.4. The van der Waals surface area contributed by atoms with Crippen molar-refractivity contribution in [2.45, 2.75) is 65.7 Å². The zero-order valence-corrected chi connectivity index (χ0v) is 30.3. The summed E-state index contributed by atoms with van der Waals surface area (Å²) in [5, 5.41) is 10.6. The average Bonchev–Trinajstić information content (AvgIpc) is 3.04. The van der Waals surface area contributed by atoms with E-state index in [1.165, 1.54) is 34.9 Å². The van der Waals surface area contributed by atoms with Crippen LogP contribution < -0.4 is 14.5 Å². The summed E-state index contributed by atoms with van der Waals surface area (Å²) in [6.45, 7) is 11.6. The van der Waals surface area contributed by atoms with E-state index >= 15 is 0 Å². The molecule has 2 heterocycles. The van der Waals surface area contributed by atoms with Crippen molar-refractivity contribution in [2.75, 3.05) is 49.1 Å². The van der Waals surface area contributed by atoms with Crippen LogP contribution in [0.2, 0.25) is 5.02 Å². The fourth-order valence-electron chi connectivity index (χ4n) is 6.32. The molecule has 274 valence electrons. The van der Waals surface area contributed by atoms with Gasteiger partial charge in [-0.1, -0.05) is 43.2 Å². The molecule has 0 radical (unpaired) electrons. The molecule has 3 aromatic rings. The normalized spacial score (nSPS) is 16.9. The standard InChI is InChI=1S/C38H44ClF3N4O5/c1-36(2,3)51-35(49)46(24-38(40,41)42)33-13-11-29(22-43-33)50-32-20-28(10-12-30(32)34(47)48)45-18-16-44(17-19-45)23-26-14-15-37(4,5)21-31(26)25-6-8-27(39)9-7-25/h6-13,20,22H,14-19,21,23-24H2,1-5H3,(H,47,48). The summed E-state index contributed by atoms with van der Waals surface area (Å²) in [6.07, 6.45) is -1.59. The van der Waals surface area contributed by atoms with Gasteiger partial charge >= 0.3 is 18.2 Å². The third-order valence-corrected chi connectivity index (χ3v) is 9.15. The molecule has 1 aliphatic carbocycles. The molecule has 0 saturated carbocycles. The van der Waals surface area contributed by atoms with E-state index in [4.69, 9.17) is 21.1 Å². The number of anilines is 2. The first-order valence-corrected chi connectivity index (χ1v) is 17.3. The van der Waals surface area contributed by atoms with Crippen molar-refractivity contribution in [3.8, 4) is 11.5 Å². The molecule has 2 aromatic carbocycles. The second-order valence-corrected chi connectivity index (χ2v) is 15.3. The van der Waals surface area contributed by atoms with E-state index in [1.807, 2.05) is 12.1 Å². The number of carboxylic acid groups (broad SMARTS) is 1. The number of piperazine rings is 1. The number of allylic oxidation sites excluding steroid dienone is 1. The highest BCUT2D eigenvalue weighted by Crippen LogP contribution is 2.43. The second kappa shape index (κ2) is 15.1. The van der Waals surface area contributed by atoms with Crippen molar-refractivity contribution in [2.24, 2.45) is 5.41 Å². The minimum atomic E-state index is -4.71. The van der Waals surface area contributed by atoms with E-state index in [-0.39, 0.29) is 28.3 Å². The molecule has 1 N–H and O–H groups in total. The summed E-state index contributed by atoms with van der Waals surface area (Å²) in [5.74, 6) is -1.36. The number of pyridine rings is 1. The minimum absolute atomic E-state index is 0.0545. The Morgan fingerprint density at radius 1 is 1.00 bits per heavy atom. The first-order valence-electron chi connectivity index (χ1n) is 16.9. The number of rotatable bonds is 9. The van der Waals surface area contributed by atoms with Crippen molar-refractivity contribution in [1.29, 1.82) is 0 Å². The summed E-state index contributed by atoms with van der Waals surface area (Å²) in [5.41, 5.74) is 3.97. The lowest BCUT2D eigenvalue weighted by Gasteiger charge is -2.39. The van der Waals surface area contributed by atoms with Gasteiger partial charge in [0, 0.05) is 49.5 Å². The Labute approximate surface area is 301 Å². The van der Waals surface area contributed by atoms with Crippen LogP contribution in [0.4, 0.5) is 29.5 Å². The predicted molar refractivity (Wildman–Crippen MR) is 192 cm³/mol. The number of hydrogen-bond donors (Lipinski definition) is 1. The molecule has 1 saturated heterocycles. The zero-order valence-electron chi connectivity index (χ0n) is 29.5. The van der Waals surface area contributed by atoms with E-state index in [2.05, 4.69) is 40.8 Å². The number of aromatic carboxylic acids is 1. The monoisotopic (exact) mass is 728 g/mol. The largest absolute Gasteiger partial charge is 0.478 e. The molecular formula is C38H44ClF3N4O5. The highest BCUT2D eigenvalue weighted by Gasteiger charge is 2.37. The predicted octanol–water partition coefficient (Wildman–Crippen LogP) is 9.32. The fraction of sp³-hybridized carbons (Fsp3) is 0.447. The van der Waals surface area contributed by atoms with Crippen LogP contribution in [-0.2, 0) is 4.74 Å². The van der Waals surface area contributed by atoms with Gasteiger partial charge in [0.05, 0.1) is 6.20 Å². The van der Waals surface area contributed by atoms with Crippen LogP contribution in [0.15, 0.2) is 66.4 Å². The Bertz CT molecular complexity index is 1750. The number of carbonyl (C=O) groups is 2. The number of aromatic nitrogens is 1. The molecule has 1 aromatic heterocycles. The van der Waals surface area contributed by atoms with Crippen LogP contribution in [-0.4, -0.2) is 78.1 Å². The number of carbonyl (C=O) groups excluding carboxylic acids is 1. The lowest BCUT2D eigenvalue weighted by Crippen LogP contribution is -2.47. The quantitative estimate of drug-likeness (QED) is 0.233. The maximum atomic E-state index is 13.3. The molecule has 0 bridgehead atoms. The van der Waals surface area contributed by atoms with Gasteiger partial charge in [-0.2, -0.15) is 13.2 Å². The molecule has 1 amide bonds. The molecule has 1 fully saturated rings. The maximum Gasteiger partial charge on any atom is 0.416 e. The van der Waals surface area contributed by atoms with Crippen LogP contribution in [0.25, 0.3) is 5.57 Å². The van der Waals surface area contributed by atoms with Gasteiger partial charge in [0.1, 0.15) is 35.0 Å². The summed E-state index contributed by atoms with van der Waals surface area (Å²) < 4.78 is 51.1. The van der Waals surface area contributed by atoms with Gasteiger partial charge in [-0.25, -0.2) is 14.6 Å². The number of halogens is 4. The van der Waals surface area contributed by atoms with Crippen LogP contribution in [0, 0.1) is 5.41 Å². The highest BCUT2D eigenvalue weighted by molar-refractivity contribution is 6.30. The van der Waals surface area contributed by atoms with Gasteiger partial charge in [0.2, 0.25) is 0 Å². The number of alkyl halides is 3. The van der Waals surface area contributed by atoms with Gasteiger partial charge in [-0.15, -0.1) is 0 Å². The Kier molecular flexibility index (Phi) is 11.3. The number of benzene rings is 2. The lowest BCUT2D eigenvalue weighted by molar-refractivity contribution is -0.119. The molecule has 0 unspecified atom stereocenters. The van der Waals surface area contributed by atoms with E-state index in [0.29, 0.717) is 4.90 Å². The topological polar surface area (TPSA) is 95.4 Å². The number of amides is 1. The van der Waals surface area contributed by atoms with E-state index < -0.39 is 30.4 Å². The fourth-order valence-corrected chi connectivity index (χ4v) is 6.45. The first kappa shape index (κ1) is 38.0. The summed E-state index contributed by atoms with van der Waals surface area (Å²) in [6, 6.07) is 15.5. The van der Waals surface area contributed by atoms with Gasteiger partial charge in [-0.3, -0.25) is 9.80 Å². The number of carboxylic acids is 1.